The SMILES string of the molecule is CCNC(=NCc1cccc(OC)n1)NCc1ncnn1C. The monoisotopic (exact) mass is 303 g/mol. The third kappa shape index (κ3) is 4.44. The summed E-state index contributed by atoms with van der Waals surface area (Å²) in [5, 5.41) is 10.4. The number of methoxy groups -OCH3 is 1. The Morgan fingerprint density at radius 1 is 1.36 bits per heavy atom. The molecule has 118 valence electrons. The van der Waals surface area contributed by atoms with Crippen LogP contribution in [0.25, 0.3) is 0 Å². The van der Waals surface area contributed by atoms with Gasteiger partial charge in [0.15, 0.2) is 5.96 Å². The first-order valence-electron chi connectivity index (χ1n) is 7.08. The largest absolute Gasteiger partial charge is 0.481 e. The average Bonchev–Trinajstić information content (AvgIpc) is 2.95. The molecule has 0 fully saturated rings. The van der Waals surface area contributed by atoms with Crippen molar-refractivity contribution in [3.05, 3.63) is 36.0 Å². The predicted octanol–water partition coefficient (Wildman–Crippen LogP) is 0.474. The highest BCUT2D eigenvalue weighted by Gasteiger charge is 2.03. The maximum atomic E-state index is 5.11. The lowest BCUT2D eigenvalue weighted by Gasteiger charge is -2.10. The van der Waals surface area contributed by atoms with Crippen molar-refractivity contribution in [1.29, 1.82) is 0 Å². The van der Waals surface area contributed by atoms with Gasteiger partial charge in [-0.2, -0.15) is 5.10 Å². The Balaban J connectivity index is 1.98. The molecule has 0 spiro atoms. The summed E-state index contributed by atoms with van der Waals surface area (Å²) in [6.07, 6.45) is 1.53. The van der Waals surface area contributed by atoms with Crippen LogP contribution in [0.1, 0.15) is 18.4 Å². The maximum absolute atomic E-state index is 5.11. The zero-order chi connectivity index (χ0) is 15.8. The van der Waals surface area contributed by atoms with E-state index < -0.39 is 0 Å². The first kappa shape index (κ1) is 15.7. The molecule has 0 atom stereocenters. The zero-order valence-electron chi connectivity index (χ0n) is 13.1. The second-order valence-electron chi connectivity index (χ2n) is 4.52. The van der Waals surface area contributed by atoms with Crippen LogP contribution in [-0.2, 0) is 20.1 Å². The number of ether oxygens (including phenoxy) is 1. The van der Waals surface area contributed by atoms with E-state index in [-0.39, 0.29) is 0 Å². The standard InChI is InChI=1S/C14H21N7O/c1-4-15-14(17-9-12-18-10-19-21(12)2)16-8-11-6-5-7-13(20-11)22-3/h5-7,10H,4,8-9H2,1-3H3,(H2,15,16,17). The number of nitrogens with zero attached hydrogens (tertiary/aromatic N) is 5. The summed E-state index contributed by atoms with van der Waals surface area (Å²) in [4.78, 5) is 13.0. The Kier molecular flexibility index (Phi) is 5.70. The lowest BCUT2D eigenvalue weighted by molar-refractivity contribution is 0.396. The zero-order valence-corrected chi connectivity index (χ0v) is 13.1. The first-order chi connectivity index (χ1) is 10.7. The number of guanidine groups is 1. The third-order valence-electron chi connectivity index (χ3n) is 2.95. The molecule has 0 aliphatic rings. The molecule has 2 heterocycles. The topological polar surface area (TPSA) is 89.2 Å². The van der Waals surface area contributed by atoms with Crippen molar-refractivity contribution in [3.8, 4) is 5.88 Å². The van der Waals surface area contributed by atoms with E-state index in [2.05, 4.69) is 30.7 Å². The van der Waals surface area contributed by atoms with Gasteiger partial charge in [0.05, 0.1) is 25.9 Å². The Hall–Kier alpha value is -2.64. The minimum Gasteiger partial charge on any atom is -0.481 e. The molecule has 0 saturated heterocycles. The average molecular weight is 303 g/mol. The summed E-state index contributed by atoms with van der Waals surface area (Å²) in [6.45, 7) is 3.80. The number of aryl methyl sites for hydroxylation is 1. The van der Waals surface area contributed by atoms with Crippen molar-refractivity contribution in [3.63, 3.8) is 0 Å². The molecular weight excluding hydrogens is 282 g/mol. The summed E-state index contributed by atoms with van der Waals surface area (Å²) in [7, 11) is 3.45. The van der Waals surface area contributed by atoms with Gasteiger partial charge >= 0.3 is 0 Å². The smallest absolute Gasteiger partial charge is 0.213 e. The van der Waals surface area contributed by atoms with Crippen molar-refractivity contribution in [2.24, 2.45) is 12.0 Å². The molecule has 2 N–H and O–H groups in total. The van der Waals surface area contributed by atoms with E-state index >= 15 is 0 Å². The van der Waals surface area contributed by atoms with Crippen LogP contribution in [0.2, 0.25) is 0 Å². The van der Waals surface area contributed by atoms with Gasteiger partial charge in [-0.05, 0) is 13.0 Å². The van der Waals surface area contributed by atoms with E-state index in [9.17, 15) is 0 Å². The van der Waals surface area contributed by atoms with E-state index in [1.54, 1.807) is 11.8 Å². The molecule has 2 aromatic heterocycles. The van der Waals surface area contributed by atoms with Gasteiger partial charge in [-0.3, -0.25) is 4.68 Å². The Morgan fingerprint density at radius 2 is 2.23 bits per heavy atom. The molecule has 0 bridgehead atoms. The van der Waals surface area contributed by atoms with Crippen LogP contribution in [0, 0.1) is 0 Å². The molecule has 0 aliphatic carbocycles. The van der Waals surface area contributed by atoms with Gasteiger partial charge < -0.3 is 15.4 Å². The molecule has 0 amide bonds. The highest BCUT2D eigenvalue weighted by Crippen LogP contribution is 2.07. The molecule has 0 saturated carbocycles. The Labute approximate surface area is 129 Å². The molecule has 22 heavy (non-hydrogen) atoms. The van der Waals surface area contributed by atoms with Crippen molar-refractivity contribution < 1.29 is 4.74 Å². The lowest BCUT2D eigenvalue weighted by atomic mass is 10.3. The van der Waals surface area contributed by atoms with E-state index in [0.29, 0.717) is 24.9 Å². The summed E-state index contributed by atoms with van der Waals surface area (Å²) in [6, 6.07) is 5.62. The minimum atomic E-state index is 0.464. The quantitative estimate of drug-likeness (QED) is 0.596. The normalized spacial score (nSPS) is 11.3. The molecular formula is C14H21N7O. The molecule has 8 heteroatoms. The lowest BCUT2D eigenvalue weighted by Crippen LogP contribution is -2.37. The van der Waals surface area contributed by atoms with Crippen LogP contribution in [-0.4, -0.2) is 39.4 Å². The predicted molar refractivity (Wildman–Crippen MR) is 83.4 cm³/mol. The number of aliphatic imine (C=N–C) groups is 1. The Bertz CT molecular complexity index is 623. The fourth-order valence-electron chi connectivity index (χ4n) is 1.80. The van der Waals surface area contributed by atoms with Gasteiger partial charge in [0, 0.05) is 19.7 Å². The van der Waals surface area contributed by atoms with Gasteiger partial charge in [0.2, 0.25) is 5.88 Å². The van der Waals surface area contributed by atoms with Gasteiger partial charge in [0.25, 0.3) is 0 Å². The summed E-state index contributed by atoms with van der Waals surface area (Å²) >= 11 is 0. The Morgan fingerprint density at radius 3 is 2.91 bits per heavy atom. The fourth-order valence-corrected chi connectivity index (χ4v) is 1.80. The number of pyridine rings is 1. The minimum absolute atomic E-state index is 0.464. The van der Waals surface area contributed by atoms with Gasteiger partial charge in [-0.25, -0.2) is 15.0 Å². The van der Waals surface area contributed by atoms with Crippen molar-refractivity contribution in [2.75, 3.05) is 13.7 Å². The van der Waals surface area contributed by atoms with Gasteiger partial charge in [0.1, 0.15) is 12.2 Å². The highest BCUT2D eigenvalue weighted by molar-refractivity contribution is 5.79. The van der Waals surface area contributed by atoms with Crippen LogP contribution in [0.3, 0.4) is 0 Å². The third-order valence-corrected chi connectivity index (χ3v) is 2.95. The molecule has 8 nitrogen and oxygen atoms in total. The van der Waals surface area contributed by atoms with Crippen LogP contribution in [0.5, 0.6) is 5.88 Å². The van der Waals surface area contributed by atoms with Crippen molar-refractivity contribution >= 4 is 5.96 Å². The van der Waals surface area contributed by atoms with Crippen molar-refractivity contribution in [2.45, 2.75) is 20.0 Å². The van der Waals surface area contributed by atoms with Gasteiger partial charge in [-0.15, -0.1) is 0 Å². The summed E-state index contributed by atoms with van der Waals surface area (Å²) < 4.78 is 6.83. The molecule has 0 radical (unpaired) electrons. The number of hydrogen-bond donors (Lipinski definition) is 2. The molecule has 2 aromatic rings. The summed E-state index contributed by atoms with van der Waals surface area (Å²) in [5.74, 6) is 2.13. The van der Waals surface area contributed by atoms with Crippen molar-refractivity contribution in [1.82, 2.24) is 30.4 Å². The molecule has 2 rings (SSSR count). The van der Waals surface area contributed by atoms with Crippen LogP contribution < -0.4 is 15.4 Å². The first-order valence-corrected chi connectivity index (χ1v) is 7.08. The maximum Gasteiger partial charge on any atom is 0.213 e. The van der Waals surface area contributed by atoms with E-state index in [0.717, 1.165) is 18.1 Å². The number of hydrogen-bond acceptors (Lipinski definition) is 5. The number of rotatable bonds is 6. The van der Waals surface area contributed by atoms with E-state index in [4.69, 9.17) is 4.74 Å². The van der Waals surface area contributed by atoms with Crippen LogP contribution in [0.15, 0.2) is 29.5 Å². The molecule has 0 aromatic carbocycles. The fraction of sp³-hybridized carbons (Fsp3) is 0.429. The highest BCUT2D eigenvalue weighted by atomic mass is 16.5. The molecule has 0 aliphatic heterocycles. The van der Waals surface area contributed by atoms with Crippen LogP contribution >= 0.6 is 0 Å². The number of aromatic nitrogens is 4. The van der Waals surface area contributed by atoms with E-state index in [1.165, 1.54) is 6.33 Å². The van der Waals surface area contributed by atoms with Crippen LogP contribution in [0.4, 0.5) is 0 Å². The number of nitrogens with one attached hydrogen (secondary N) is 2. The van der Waals surface area contributed by atoms with Gasteiger partial charge in [-0.1, -0.05) is 6.07 Å². The van der Waals surface area contributed by atoms with E-state index in [1.807, 2.05) is 32.2 Å². The molecule has 0 unspecified atom stereocenters. The second-order valence-corrected chi connectivity index (χ2v) is 4.52. The second kappa shape index (κ2) is 7.96. The summed E-state index contributed by atoms with van der Waals surface area (Å²) in [5.41, 5.74) is 0.843.